The second kappa shape index (κ2) is 5.51. The van der Waals surface area contributed by atoms with Crippen molar-refractivity contribution in [3.05, 3.63) is 29.6 Å². The average molecular weight is 317 g/mol. The van der Waals surface area contributed by atoms with Gasteiger partial charge in [-0.2, -0.15) is 0 Å². The molecule has 2 aliphatic heterocycles. The molecule has 1 fully saturated rings. The highest BCUT2D eigenvalue weighted by Crippen LogP contribution is 2.33. The highest BCUT2D eigenvalue weighted by Gasteiger charge is 2.29. The zero-order valence-corrected chi connectivity index (χ0v) is 12.5. The molecule has 0 spiro atoms. The van der Waals surface area contributed by atoms with Crippen molar-refractivity contribution in [3.63, 3.8) is 0 Å². The number of tetrazole rings is 1. The molecule has 1 aromatic carbocycles. The minimum Gasteiger partial charge on any atom is -0.454 e. The molecule has 1 saturated heterocycles. The number of hydrogen-bond donors (Lipinski definition) is 0. The Hall–Kier alpha value is -2.68. The quantitative estimate of drug-likeness (QED) is 0.778. The van der Waals surface area contributed by atoms with E-state index in [1.807, 2.05) is 0 Å². The first-order valence-electron chi connectivity index (χ1n) is 7.25. The van der Waals surface area contributed by atoms with Crippen molar-refractivity contribution in [1.29, 1.82) is 0 Å². The summed E-state index contributed by atoms with van der Waals surface area (Å²) < 4.78 is 17.8. The first kappa shape index (κ1) is 13.9. The second-order valence-electron chi connectivity index (χ2n) is 5.34. The predicted molar refractivity (Wildman–Crippen MR) is 76.0 cm³/mol. The van der Waals surface area contributed by atoms with Crippen LogP contribution in [0.1, 0.15) is 22.3 Å². The Labute approximate surface area is 131 Å². The highest BCUT2D eigenvalue weighted by atomic mass is 16.7. The lowest BCUT2D eigenvalue weighted by Crippen LogP contribution is -2.42. The molecule has 0 saturated carbocycles. The zero-order chi connectivity index (χ0) is 15.8. The van der Waals surface area contributed by atoms with E-state index in [4.69, 9.17) is 14.2 Å². The molecule has 1 amide bonds. The fourth-order valence-electron chi connectivity index (χ4n) is 2.71. The third kappa shape index (κ3) is 2.48. The van der Waals surface area contributed by atoms with Gasteiger partial charge in [0.1, 0.15) is 6.10 Å². The van der Waals surface area contributed by atoms with Gasteiger partial charge in [0.15, 0.2) is 17.3 Å². The second-order valence-corrected chi connectivity index (χ2v) is 5.34. The summed E-state index contributed by atoms with van der Waals surface area (Å²) in [5.41, 5.74) is 0.561. The van der Waals surface area contributed by atoms with Crippen LogP contribution in [-0.2, 0) is 11.8 Å². The van der Waals surface area contributed by atoms with E-state index in [2.05, 4.69) is 15.5 Å². The summed E-state index contributed by atoms with van der Waals surface area (Å²) in [4.78, 5) is 14.5. The molecular weight excluding hydrogens is 302 g/mol. The van der Waals surface area contributed by atoms with Crippen LogP contribution >= 0.6 is 0 Å². The smallest absolute Gasteiger partial charge is 0.254 e. The number of hydrogen-bond acceptors (Lipinski definition) is 7. The van der Waals surface area contributed by atoms with E-state index >= 15 is 0 Å². The molecule has 1 unspecified atom stereocenters. The third-order valence-electron chi connectivity index (χ3n) is 3.91. The van der Waals surface area contributed by atoms with Gasteiger partial charge in [-0.15, -0.1) is 5.10 Å². The van der Waals surface area contributed by atoms with Gasteiger partial charge in [-0.25, -0.2) is 4.68 Å². The molecule has 120 valence electrons. The number of aromatic nitrogens is 4. The van der Waals surface area contributed by atoms with Crippen LogP contribution in [0, 0.1) is 0 Å². The van der Waals surface area contributed by atoms with E-state index in [0.717, 1.165) is 0 Å². The normalized spacial score (nSPS) is 19.9. The van der Waals surface area contributed by atoms with Crippen molar-refractivity contribution in [2.45, 2.75) is 6.10 Å². The van der Waals surface area contributed by atoms with E-state index < -0.39 is 0 Å². The minimum absolute atomic E-state index is 0.0771. The van der Waals surface area contributed by atoms with Gasteiger partial charge in [0.2, 0.25) is 6.79 Å². The summed E-state index contributed by atoms with van der Waals surface area (Å²) in [5, 5.41) is 11.4. The molecule has 4 rings (SSSR count). The Morgan fingerprint density at radius 3 is 3.00 bits per heavy atom. The highest BCUT2D eigenvalue weighted by molar-refractivity contribution is 5.95. The van der Waals surface area contributed by atoms with Crippen LogP contribution in [0.15, 0.2) is 18.2 Å². The van der Waals surface area contributed by atoms with Crippen molar-refractivity contribution in [2.24, 2.45) is 7.05 Å². The maximum atomic E-state index is 12.7. The fraction of sp³-hybridized carbons (Fsp3) is 0.429. The standard InChI is InChI=1S/C14H15N5O4/c1-18-13(15-16-17-18)12-7-19(4-5-21-12)14(20)9-2-3-10-11(6-9)23-8-22-10/h2-3,6,12H,4-5,7-8H2,1H3. The molecule has 0 bridgehead atoms. The van der Waals surface area contributed by atoms with Crippen molar-refractivity contribution in [1.82, 2.24) is 25.1 Å². The Kier molecular flexibility index (Phi) is 3.34. The van der Waals surface area contributed by atoms with Crippen molar-refractivity contribution >= 4 is 5.91 Å². The molecule has 0 radical (unpaired) electrons. The molecule has 23 heavy (non-hydrogen) atoms. The first-order valence-corrected chi connectivity index (χ1v) is 7.25. The zero-order valence-electron chi connectivity index (χ0n) is 12.5. The van der Waals surface area contributed by atoms with E-state index in [-0.39, 0.29) is 18.8 Å². The summed E-state index contributed by atoms with van der Waals surface area (Å²) in [6.45, 7) is 1.55. The Bertz CT molecular complexity index is 747. The lowest BCUT2D eigenvalue weighted by atomic mass is 10.1. The Balaban J connectivity index is 1.53. The molecule has 0 aliphatic carbocycles. The molecule has 3 heterocycles. The van der Waals surface area contributed by atoms with Crippen LogP contribution in [0.3, 0.4) is 0 Å². The predicted octanol–water partition coefficient (Wildman–Crippen LogP) is 0.152. The summed E-state index contributed by atoms with van der Waals surface area (Å²) in [5.74, 6) is 1.78. The van der Waals surface area contributed by atoms with Crippen LogP contribution in [0.5, 0.6) is 11.5 Å². The number of ether oxygens (including phenoxy) is 3. The molecule has 1 aromatic heterocycles. The van der Waals surface area contributed by atoms with E-state index in [0.29, 0.717) is 42.6 Å². The van der Waals surface area contributed by atoms with Gasteiger partial charge in [-0.05, 0) is 28.6 Å². The number of fused-ring (bicyclic) bond motifs is 1. The van der Waals surface area contributed by atoms with Gasteiger partial charge in [-0.1, -0.05) is 0 Å². The van der Waals surface area contributed by atoms with Crippen molar-refractivity contribution in [2.75, 3.05) is 26.5 Å². The number of morpholine rings is 1. The maximum Gasteiger partial charge on any atom is 0.254 e. The van der Waals surface area contributed by atoms with Crippen LogP contribution < -0.4 is 9.47 Å². The molecule has 0 N–H and O–H groups in total. The summed E-state index contributed by atoms with van der Waals surface area (Å²) in [6.07, 6.45) is -0.332. The van der Waals surface area contributed by atoms with Crippen LogP contribution in [-0.4, -0.2) is 57.5 Å². The van der Waals surface area contributed by atoms with Crippen LogP contribution in [0.4, 0.5) is 0 Å². The summed E-state index contributed by atoms with van der Waals surface area (Å²) in [6, 6.07) is 5.20. The van der Waals surface area contributed by atoms with E-state index in [1.165, 1.54) is 0 Å². The van der Waals surface area contributed by atoms with Gasteiger partial charge in [0, 0.05) is 19.2 Å². The minimum atomic E-state index is -0.332. The largest absolute Gasteiger partial charge is 0.454 e. The van der Waals surface area contributed by atoms with Gasteiger partial charge in [-0.3, -0.25) is 4.79 Å². The number of nitrogens with zero attached hydrogens (tertiary/aromatic N) is 5. The van der Waals surface area contributed by atoms with Gasteiger partial charge in [0.05, 0.1) is 13.2 Å². The molecular formula is C14H15N5O4. The average Bonchev–Trinajstić information content (AvgIpc) is 3.22. The molecule has 9 nitrogen and oxygen atoms in total. The topological polar surface area (TPSA) is 91.6 Å². The molecule has 9 heteroatoms. The van der Waals surface area contributed by atoms with Crippen LogP contribution in [0.2, 0.25) is 0 Å². The third-order valence-corrected chi connectivity index (χ3v) is 3.91. The lowest BCUT2D eigenvalue weighted by Gasteiger charge is -2.32. The number of benzene rings is 1. The number of carbonyl (C=O) groups excluding carboxylic acids is 1. The number of aryl methyl sites for hydroxylation is 1. The number of rotatable bonds is 2. The summed E-state index contributed by atoms with van der Waals surface area (Å²) >= 11 is 0. The summed E-state index contributed by atoms with van der Waals surface area (Å²) in [7, 11) is 1.75. The first-order chi connectivity index (χ1) is 11.2. The maximum absolute atomic E-state index is 12.7. The van der Waals surface area contributed by atoms with Gasteiger partial charge < -0.3 is 19.1 Å². The van der Waals surface area contributed by atoms with Crippen LogP contribution in [0.25, 0.3) is 0 Å². The van der Waals surface area contributed by atoms with Crippen molar-refractivity contribution < 1.29 is 19.0 Å². The molecule has 1 atom stereocenters. The Morgan fingerprint density at radius 1 is 1.30 bits per heavy atom. The van der Waals surface area contributed by atoms with Gasteiger partial charge in [0.25, 0.3) is 5.91 Å². The number of carbonyl (C=O) groups is 1. The van der Waals surface area contributed by atoms with E-state index in [1.54, 1.807) is 34.8 Å². The van der Waals surface area contributed by atoms with Crippen molar-refractivity contribution in [3.8, 4) is 11.5 Å². The fourth-order valence-corrected chi connectivity index (χ4v) is 2.71. The molecule has 2 aliphatic rings. The van der Waals surface area contributed by atoms with Gasteiger partial charge >= 0.3 is 0 Å². The Morgan fingerprint density at radius 2 is 2.17 bits per heavy atom. The lowest BCUT2D eigenvalue weighted by molar-refractivity contribution is -0.0284. The molecule has 2 aromatic rings. The SMILES string of the molecule is Cn1nnnc1C1CN(C(=O)c2ccc3c(c2)OCO3)CCO1. The monoisotopic (exact) mass is 317 g/mol. The van der Waals surface area contributed by atoms with E-state index in [9.17, 15) is 4.79 Å². The number of amides is 1.